The molecule has 0 aliphatic carbocycles. The van der Waals surface area contributed by atoms with Crippen molar-refractivity contribution >= 4 is 46.8 Å². The molecule has 10 nitrogen and oxygen atoms in total. The van der Waals surface area contributed by atoms with Crippen LogP contribution in [0, 0.1) is 11.8 Å². The minimum absolute atomic E-state index is 0.0505. The summed E-state index contributed by atoms with van der Waals surface area (Å²) in [7, 11) is 1.77. The first-order chi connectivity index (χ1) is 23.6. The van der Waals surface area contributed by atoms with Crippen molar-refractivity contribution in [3.05, 3.63) is 101 Å². The standard InChI is InChI=1S/C37H38ClN5O5S/c1-3-48-33(45)12-8-7-11-32-43(37(47)34(39)25-9-5-4-6-10-25)30(23-49-32)36(46)40-28-18-14-24(15-19-28)13-16-26-22-42(2)41-35(26)29-21-27(38)17-20-31(29)44/h4-6,9-10,14-15,17-22,30,32,34,44H,3,7-8,11-12,23,39H2,1-2H3,(H,40,46)/t30-,32?,34+/m0/s1. The average molecular weight is 700 g/mol. The zero-order valence-corrected chi connectivity index (χ0v) is 28.8. The number of nitrogens with one attached hydrogen (secondary N) is 1. The number of phenols is 1. The average Bonchev–Trinajstić information content (AvgIpc) is 3.70. The smallest absolute Gasteiger partial charge is 0.305 e. The van der Waals surface area contributed by atoms with Crippen LogP contribution in [-0.2, 0) is 26.2 Å². The summed E-state index contributed by atoms with van der Waals surface area (Å²) in [6, 6.07) is 19.3. The molecule has 1 aliphatic rings. The molecule has 4 N–H and O–H groups in total. The monoisotopic (exact) mass is 699 g/mol. The predicted molar refractivity (Wildman–Crippen MR) is 192 cm³/mol. The van der Waals surface area contributed by atoms with E-state index in [0.717, 1.165) is 0 Å². The molecule has 0 spiro atoms. The summed E-state index contributed by atoms with van der Waals surface area (Å²) in [6.45, 7) is 2.11. The lowest BCUT2D eigenvalue weighted by atomic mass is 10.0. The number of aromatic nitrogens is 2. The van der Waals surface area contributed by atoms with Crippen LogP contribution in [-0.4, -0.2) is 61.3 Å². The lowest BCUT2D eigenvalue weighted by molar-refractivity contribution is -0.143. The van der Waals surface area contributed by atoms with E-state index in [4.69, 9.17) is 22.1 Å². The Balaban J connectivity index is 1.28. The van der Waals surface area contributed by atoms with Gasteiger partial charge >= 0.3 is 5.97 Å². The Kier molecular flexibility index (Phi) is 12.0. The third-order valence-electron chi connectivity index (χ3n) is 8.00. The molecule has 5 rings (SSSR count). The van der Waals surface area contributed by atoms with Crippen molar-refractivity contribution in [2.45, 2.75) is 50.1 Å². The van der Waals surface area contributed by atoms with Gasteiger partial charge in [-0.3, -0.25) is 19.1 Å². The number of aromatic hydroxyl groups is 1. The summed E-state index contributed by atoms with van der Waals surface area (Å²) in [4.78, 5) is 40.9. The number of hydrogen-bond donors (Lipinski definition) is 3. The van der Waals surface area contributed by atoms with Gasteiger partial charge in [0.1, 0.15) is 23.5 Å². The number of carbonyl (C=O) groups excluding carboxylic acids is 3. The summed E-state index contributed by atoms with van der Waals surface area (Å²) in [5, 5.41) is 18.0. The Morgan fingerprint density at radius 3 is 2.59 bits per heavy atom. The zero-order valence-electron chi connectivity index (χ0n) is 27.3. The summed E-state index contributed by atoms with van der Waals surface area (Å²) in [6.07, 6.45) is 4.01. The third kappa shape index (κ3) is 9.03. The lowest BCUT2D eigenvalue weighted by Crippen LogP contribution is -2.50. The number of nitrogens with zero attached hydrogens (tertiary/aromatic N) is 3. The van der Waals surface area contributed by atoms with Gasteiger partial charge in [-0.1, -0.05) is 53.8 Å². The molecule has 0 bridgehead atoms. The van der Waals surface area contributed by atoms with Crippen molar-refractivity contribution in [3.63, 3.8) is 0 Å². The van der Waals surface area contributed by atoms with E-state index < -0.39 is 12.1 Å². The van der Waals surface area contributed by atoms with E-state index in [-0.39, 0.29) is 28.9 Å². The molecule has 1 fully saturated rings. The maximum absolute atomic E-state index is 13.8. The Bertz CT molecular complexity index is 1850. The topological polar surface area (TPSA) is 140 Å². The van der Waals surface area contributed by atoms with E-state index in [0.29, 0.717) is 76.7 Å². The van der Waals surface area contributed by atoms with Crippen LogP contribution >= 0.6 is 23.4 Å². The van der Waals surface area contributed by atoms with Crippen molar-refractivity contribution in [2.75, 3.05) is 17.7 Å². The molecular formula is C37H38ClN5O5S. The van der Waals surface area contributed by atoms with Crippen molar-refractivity contribution in [2.24, 2.45) is 12.8 Å². The predicted octanol–water partition coefficient (Wildman–Crippen LogP) is 5.88. The first-order valence-corrected chi connectivity index (χ1v) is 17.4. The minimum atomic E-state index is -0.918. The number of thioether (sulfide) groups is 1. The Morgan fingerprint density at radius 2 is 1.86 bits per heavy atom. The van der Waals surface area contributed by atoms with Crippen LogP contribution in [0.15, 0.2) is 79.0 Å². The van der Waals surface area contributed by atoms with E-state index in [2.05, 4.69) is 22.3 Å². The minimum Gasteiger partial charge on any atom is -0.507 e. The highest BCUT2D eigenvalue weighted by atomic mass is 35.5. The van der Waals surface area contributed by atoms with Crippen LogP contribution in [0.2, 0.25) is 5.02 Å². The molecule has 1 aromatic heterocycles. The first-order valence-electron chi connectivity index (χ1n) is 16.0. The normalized spacial score (nSPS) is 16.0. The number of hydrogen-bond acceptors (Lipinski definition) is 8. The fourth-order valence-corrected chi connectivity index (χ4v) is 7.18. The maximum atomic E-state index is 13.8. The Labute approximate surface area is 295 Å². The number of phenolic OH excluding ortho intramolecular Hbond substituents is 1. The second kappa shape index (κ2) is 16.6. The van der Waals surface area contributed by atoms with Gasteiger partial charge in [0.05, 0.1) is 17.5 Å². The molecule has 1 unspecified atom stereocenters. The number of ether oxygens (including phenoxy) is 1. The van der Waals surface area contributed by atoms with E-state index >= 15 is 0 Å². The quantitative estimate of drug-likeness (QED) is 0.100. The van der Waals surface area contributed by atoms with E-state index in [1.54, 1.807) is 90.0 Å². The molecule has 12 heteroatoms. The largest absolute Gasteiger partial charge is 0.507 e. The van der Waals surface area contributed by atoms with Gasteiger partial charge in [-0.15, -0.1) is 11.8 Å². The fourth-order valence-electron chi connectivity index (χ4n) is 5.55. The van der Waals surface area contributed by atoms with Crippen LogP contribution in [0.4, 0.5) is 5.69 Å². The third-order valence-corrected chi connectivity index (χ3v) is 9.59. The van der Waals surface area contributed by atoms with E-state index in [9.17, 15) is 19.5 Å². The molecule has 0 saturated carbocycles. The number of nitrogens with two attached hydrogens (primary N) is 1. The highest BCUT2D eigenvalue weighted by Crippen LogP contribution is 2.36. The van der Waals surface area contributed by atoms with E-state index in [1.165, 1.54) is 6.07 Å². The van der Waals surface area contributed by atoms with Gasteiger partial charge in [0.2, 0.25) is 11.8 Å². The Hall–Kier alpha value is -4.76. The maximum Gasteiger partial charge on any atom is 0.305 e. The van der Waals surface area contributed by atoms with Gasteiger partial charge < -0.3 is 25.8 Å². The highest BCUT2D eigenvalue weighted by molar-refractivity contribution is 8.00. The second-order valence-electron chi connectivity index (χ2n) is 11.5. The van der Waals surface area contributed by atoms with Crippen LogP contribution in [0.1, 0.15) is 55.3 Å². The number of amides is 2. The molecule has 0 radical (unpaired) electrons. The molecule has 49 heavy (non-hydrogen) atoms. The van der Waals surface area contributed by atoms with Gasteiger partial charge in [0.15, 0.2) is 0 Å². The summed E-state index contributed by atoms with van der Waals surface area (Å²) >= 11 is 7.69. The molecule has 1 aliphatic heterocycles. The first kappa shape index (κ1) is 35.5. The summed E-state index contributed by atoms with van der Waals surface area (Å²) < 4.78 is 6.65. The number of aryl methyl sites for hydroxylation is 1. The number of carbonyl (C=O) groups is 3. The molecule has 254 valence electrons. The molecule has 2 amide bonds. The summed E-state index contributed by atoms with van der Waals surface area (Å²) in [5.41, 5.74) is 9.98. The number of halogens is 1. The van der Waals surface area contributed by atoms with Crippen LogP contribution in [0.3, 0.4) is 0 Å². The Morgan fingerprint density at radius 1 is 1.10 bits per heavy atom. The van der Waals surface area contributed by atoms with Gasteiger partial charge in [-0.25, -0.2) is 0 Å². The number of unbranched alkanes of at least 4 members (excludes halogenated alkanes) is 1. The van der Waals surface area contributed by atoms with E-state index in [1.807, 2.05) is 18.2 Å². The van der Waals surface area contributed by atoms with Gasteiger partial charge in [-0.05, 0) is 74.2 Å². The van der Waals surface area contributed by atoms with Crippen molar-refractivity contribution in [1.29, 1.82) is 0 Å². The number of esters is 1. The summed E-state index contributed by atoms with van der Waals surface area (Å²) in [5.74, 6) is 5.84. The molecule has 4 aromatic rings. The van der Waals surface area contributed by atoms with Gasteiger partial charge in [0, 0.05) is 47.3 Å². The second-order valence-corrected chi connectivity index (χ2v) is 13.2. The zero-order chi connectivity index (χ0) is 34.9. The number of rotatable bonds is 11. The van der Waals surface area contributed by atoms with Crippen LogP contribution in [0.5, 0.6) is 5.75 Å². The van der Waals surface area contributed by atoms with Crippen LogP contribution < -0.4 is 11.1 Å². The number of benzene rings is 3. The highest BCUT2D eigenvalue weighted by Gasteiger charge is 2.43. The van der Waals surface area contributed by atoms with Crippen molar-refractivity contribution in [1.82, 2.24) is 14.7 Å². The SMILES string of the molecule is CCOC(=O)CCCCC1SC[C@@H](C(=O)Nc2ccc(C#Cc3cn(C)nc3-c3cc(Cl)ccc3O)cc2)N1C(=O)[C@H](N)c1ccccc1. The van der Waals surface area contributed by atoms with Crippen molar-refractivity contribution in [3.8, 4) is 28.8 Å². The lowest BCUT2D eigenvalue weighted by Gasteiger charge is -2.31. The molecule has 1 saturated heterocycles. The molecule has 3 atom stereocenters. The van der Waals surface area contributed by atoms with Crippen LogP contribution in [0.25, 0.3) is 11.3 Å². The van der Waals surface area contributed by atoms with Gasteiger partial charge in [-0.2, -0.15) is 5.10 Å². The fraction of sp³-hybridized carbons (Fsp3) is 0.297. The van der Waals surface area contributed by atoms with Crippen molar-refractivity contribution < 1.29 is 24.2 Å². The number of anilines is 1. The van der Waals surface area contributed by atoms with Gasteiger partial charge in [0.25, 0.3) is 0 Å². The molecule has 2 heterocycles. The molecule has 3 aromatic carbocycles. The molecular weight excluding hydrogens is 662 g/mol.